The molecule has 0 spiro atoms. The maximum atomic E-state index is 6.88. The maximum absolute atomic E-state index is 6.88. The molecule has 0 aliphatic heterocycles. The quantitative estimate of drug-likeness (QED) is 0.490. The summed E-state index contributed by atoms with van der Waals surface area (Å²) in [6.45, 7) is 3.05. The van der Waals surface area contributed by atoms with Gasteiger partial charge in [-0.05, 0) is 18.6 Å². The van der Waals surface area contributed by atoms with Gasteiger partial charge >= 0.3 is 0 Å². The normalized spacial score (nSPS) is 9.30. The lowest BCUT2D eigenvalue weighted by Crippen LogP contribution is -2.22. The second-order valence-electron chi connectivity index (χ2n) is 2.32. The van der Waals surface area contributed by atoms with Crippen LogP contribution in [0.25, 0.3) is 0 Å². The molecule has 0 atom stereocenters. The van der Waals surface area contributed by atoms with Gasteiger partial charge in [0.15, 0.2) is 5.11 Å². The van der Waals surface area contributed by atoms with Crippen LogP contribution in [0.1, 0.15) is 32.6 Å². The molecule has 0 rings (SSSR count). The van der Waals surface area contributed by atoms with E-state index in [2.05, 4.69) is 24.5 Å². The van der Waals surface area contributed by atoms with Crippen molar-refractivity contribution in [2.75, 3.05) is 6.54 Å². The van der Waals surface area contributed by atoms with Crippen LogP contribution in [0.4, 0.5) is 0 Å². The zero-order valence-electron chi connectivity index (χ0n) is 6.44. The van der Waals surface area contributed by atoms with E-state index < -0.39 is 0 Å². The van der Waals surface area contributed by atoms with Crippen molar-refractivity contribution in [1.29, 1.82) is 0 Å². The van der Waals surface area contributed by atoms with Crippen molar-refractivity contribution in [2.24, 2.45) is 0 Å². The van der Waals surface area contributed by atoms with Gasteiger partial charge in [0.05, 0.1) is 0 Å². The third-order valence-corrected chi connectivity index (χ3v) is 1.46. The Labute approximate surface area is 68.2 Å². The van der Waals surface area contributed by atoms with E-state index in [0.717, 1.165) is 13.0 Å². The third kappa shape index (κ3) is 7.69. The van der Waals surface area contributed by atoms with E-state index in [4.69, 9.17) is 5.73 Å². The fourth-order valence-electron chi connectivity index (χ4n) is 0.754. The number of nitrogens with one attached hydrogen (secondary N) is 2. The van der Waals surface area contributed by atoms with Crippen molar-refractivity contribution < 1.29 is 0 Å². The van der Waals surface area contributed by atoms with Crippen molar-refractivity contribution in [3.8, 4) is 0 Å². The molecule has 0 fully saturated rings. The standard InChI is InChI=1S/C7H15N2S/c1-2-3-4-5-6-9-7(8)10/h8H,2-6H2,1H3,(H,9,10). The minimum absolute atomic E-state index is 0.163. The molecule has 0 aliphatic carbocycles. The largest absolute Gasteiger partial charge is 0.361 e. The van der Waals surface area contributed by atoms with Crippen molar-refractivity contribution >= 4 is 17.3 Å². The van der Waals surface area contributed by atoms with E-state index in [-0.39, 0.29) is 5.11 Å². The first kappa shape index (κ1) is 9.69. The lowest BCUT2D eigenvalue weighted by Gasteiger charge is -2.00. The van der Waals surface area contributed by atoms with Gasteiger partial charge in [-0.3, -0.25) is 5.73 Å². The molecule has 0 saturated heterocycles. The highest BCUT2D eigenvalue weighted by Crippen LogP contribution is 1.96. The molecule has 0 unspecified atom stereocenters. The lowest BCUT2D eigenvalue weighted by atomic mass is 10.2. The molecular formula is C7H15N2S. The first-order chi connectivity index (χ1) is 4.77. The van der Waals surface area contributed by atoms with Crippen molar-refractivity contribution in [1.82, 2.24) is 11.1 Å². The topological polar surface area (TPSA) is 35.8 Å². The highest BCUT2D eigenvalue weighted by Gasteiger charge is 1.87. The van der Waals surface area contributed by atoms with E-state index in [9.17, 15) is 0 Å². The summed E-state index contributed by atoms with van der Waals surface area (Å²) in [6, 6.07) is 0. The molecule has 3 heteroatoms. The van der Waals surface area contributed by atoms with Crippen molar-refractivity contribution in [3.05, 3.63) is 0 Å². The zero-order valence-corrected chi connectivity index (χ0v) is 7.26. The molecule has 0 aromatic rings. The Morgan fingerprint density at radius 2 is 2.10 bits per heavy atom. The van der Waals surface area contributed by atoms with Crippen LogP contribution >= 0.6 is 12.2 Å². The minimum atomic E-state index is 0.163. The molecule has 0 saturated carbocycles. The molecular weight excluding hydrogens is 144 g/mol. The number of hydrogen-bond donors (Lipinski definition) is 1. The van der Waals surface area contributed by atoms with Crippen LogP contribution in [0.2, 0.25) is 0 Å². The van der Waals surface area contributed by atoms with Gasteiger partial charge in [0.1, 0.15) is 0 Å². The predicted octanol–water partition coefficient (Wildman–Crippen LogP) is 1.72. The molecule has 0 aromatic heterocycles. The van der Waals surface area contributed by atoms with E-state index >= 15 is 0 Å². The monoisotopic (exact) mass is 159 g/mol. The smallest absolute Gasteiger partial charge is 0.185 e. The zero-order chi connectivity index (χ0) is 7.82. The lowest BCUT2D eigenvalue weighted by molar-refractivity contribution is 0.654. The van der Waals surface area contributed by atoms with Crippen LogP contribution in [0.3, 0.4) is 0 Å². The number of hydrogen-bond acceptors (Lipinski definition) is 1. The summed E-state index contributed by atoms with van der Waals surface area (Å²) in [5.74, 6) is 0. The number of rotatable bonds is 5. The average molecular weight is 159 g/mol. The van der Waals surface area contributed by atoms with Gasteiger partial charge in [-0.2, -0.15) is 0 Å². The highest BCUT2D eigenvalue weighted by molar-refractivity contribution is 7.80. The predicted molar refractivity (Wildman–Crippen MR) is 47.8 cm³/mol. The molecule has 0 bridgehead atoms. The first-order valence-corrected chi connectivity index (χ1v) is 4.17. The van der Waals surface area contributed by atoms with E-state index in [1.54, 1.807) is 0 Å². The first-order valence-electron chi connectivity index (χ1n) is 3.76. The second-order valence-corrected chi connectivity index (χ2v) is 2.72. The van der Waals surface area contributed by atoms with Crippen molar-refractivity contribution in [3.63, 3.8) is 0 Å². The van der Waals surface area contributed by atoms with Gasteiger partial charge in [0.2, 0.25) is 0 Å². The molecule has 2 N–H and O–H groups in total. The third-order valence-electron chi connectivity index (χ3n) is 1.32. The SMILES string of the molecule is CCCCCCNC([NH])=S. The van der Waals surface area contributed by atoms with Crippen LogP contribution in [-0.2, 0) is 0 Å². The molecule has 0 aromatic carbocycles. The summed E-state index contributed by atoms with van der Waals surface area (Å²) in [7, 11) is 0. The molecule has 1 radical (unpaired) electrons. The second kappa shape index (κ2) is 6.81. The maximum Gasteiger partial charge on any atom is 0.185 e. The average Bonchev–Trinajstić information content (AvgIpc) is 1.87. The summed E-state index contributed by atoms with van der Waals surface area (Å²) in [5, 5.41) is 2.97. The van der Waals surface area contributed by atoms with Crippen LogP contribution in [0, 0.1) is 0 Å². The highest BCUT2D eigenvalue weighted by atomic mass is 32.1. The minimum Gasteiger partial charge on any atom is -0.361 e. The molecule has 0 aliphatic rings. The van der Waals surface area contributed by atoms with Gasteiger partial charge < -0.3 is 5.32 Å². The molecule has 59 valence electrons. The fraction of sp³-hybridized carbons (Fsp3) is 0.857. The van der Waals surface area contributed by atoms with E-state index in [1.165, 1.54) is 19.3 Å². The molecule has 0 amide bonds. The Morgan fingerprint density at radius 3 is 2.60 bits per heavy atom. The summed E-state index contributed by atoms with van der Waals surface area (Å²) in [5.41, 5.74) is 6.88. The summed E-state index contributed by atoms with van der Waals surface area (Å²) < 4.78 is 0. The van der Waals surface area contributed by atoms with Gasteiger partial charge in [-0.25, -0.2) is 0 Å². The van der Waals surface area contributed by atoms with E-state index in [1.807, 2.05) is 0 Å². The van der Waals surface area contributed by atoms with Crippen LogP contribution in [-0.4, -0.2) is 11.7 Å². The Bertz CT molecular complexity index is 93.6. The van der Waals surface area contributed by atoms with Crippen LogP contribution in [0.5, 0.6) is 0 Å². The Kier molecular flexibility index (Phi) is 6.59. The molecule has 0 heterocycles. The summed E-state index contributed by atoms with van der Waals surface area (Å²) in [4.78, 5) is 0. The van der Waals surface area contributed by atoms with Crippen molar-refractivity contribution in [2.45, 2.75) is 32.6 Å². The molecule has 10 heavy (non-hydrogen) atoms. The van der Waals surface area contributed by atoms with Gasteiger partial charge in [0, 0.05) is 6.54 Å². The Hall–Kier alpha value is -0.310. The van der Waals surface area contributed by atoms with Crippen LogP contribution in [0.15, 0.2) is 0 Å². The van der Waals surface area contributed by atoms with Gasteiger partial charge in [-0.1, -0.05) is 26.2 Å². The van der Waals surface area contributed by atoms with Crippen LogP contribution < -0.4 is 11.1 Å². The summed E-state index contributed by atoms with van der Waals surface area (Å²) >= 11 is 4.53. The Balaban J connectivity index is 2.84. The van der Waals surface area contributed by atoms with E-state index in [0.29, 0.717) is 0 Å². The summed E-state index contributed by atoms with van der Waals surface area (Å²) in [6.07, 6.45) is 4.91. The fourth-order valence-corrected chi connectivity index (χ4v) is 0.856. The number of thiocarbonyl (C=S) groups is 1. The number of unbranched alkanes of at least 4 members (excludes halogenated alkanes) is 3. The van der Waals surface area contributed by atoms with Gasteiger partial charge in [0.25, 0.3) is 0 Å². The Morgan fingerprint density at radius 1 is 1.40 bits per heavy atom. The molecule has 2 nitrogen and oxygen atoms in total. The van der Waals surface area contributed by atoms with Gasteiger partial charge in [-0.15, -0.1) is 0 Å².